The van der Waals surface area contributed by atoms with Crippen LogP contribution in [0.5, 0.6) is 23.0 Å². The summed E-state index contributed by atoms with van der Waals surface area (Å²) >= 11 is 0. The Labute approximate surface area is 141 Å². The number of benzene rings is 2. The predicted octanol–water partition coefficient (Wildman–Crippen LogP) is 2.92. The number of aromatic hydroxyl groups is 2. The lowest BCUT2D eigenvalue weighted by molar-refractivity contribution is -0.0716. The van der Waals surface area contributed by atoms with Crippen molar-refractivity contribution in [1.82, 2.24) is 0 Å². The number of hydrogen-bond acceptors (Lipinski definition) is 7. The molecule has 2 aromatic carbocycles. The Bertz CT molecular complexity index is 1050. The van der Waals surface area contributed by atoms with Gasteiger partial charge in [0.2, 0.25) is 11.2 Å². The minimum atomic E-state index is -0.923. The van der Waals surface area contributed by atoms with Gasteiger partial charge in [-0.2, -0.15) is 0 Å². The fraction of sp³-hybridized carbons (Fsp3) is 0.167. The summed E-state index contributed by atoms with van der Waals surface area (Å²) in [6, 6.07) is 8.18. The van der Waals surface area contributed by atoms with Gasteiger partial charge in [0.25, 0.3) is 6.29 Å². The molecule has 3 aromatic rings. The van der Waals surface area contributed by atoms with Gasteiger partial charge in [-0.05, 0) is 6.07 Å². The van der Waals surface area contributed by atoms with Crippen LogP contribution in [0, 0.1) is 0 Å². The van der Waals surface area contributed by atoms with Gasteiger partial charge in [-0.3, -0.25) is 4.79 Å². The Morgan fingerprint density at radius 2 is 1.92 bits per heavy atom. The fourth-order valence-electron chi connectivity index (χ4n) is 3.04. The molecule has 128 valence electrons. The summed E-state index contributed by atoms with van der Waals surface area (Å²) in [5.74, 6) is -0.376. The minimum absolute atomic E-state index is 0.00424. The molecule has 7 nitrogen and oxygen atoms in total. The van der Waals surface area contributed by atoms with Crippen molar-refractivity contribution >= 4 is 11.0 Å². The van der Waals surface area contributed by atoms with E-state index in [9.17, 15) is 15.0 Å². The van der Waals surface area contributed by atoms with Gasteiger partial charge < -0.3 is 28.8 Å². The predicted molar refractivity (Wildman–Crippen MR) is 88.2 cm³/mol. The summed E-state index contributed by atoms with van der Waals surface area (Å²) in [6.07, 6.45) is -0.923. The molecular formula is C18H14O7. The first-order valence-electron chi connectivity index (χ1n) is 7.45. The van der Waals surface area contributed by atoms with Crippen molar-refractivity contribution in [2.75, 3.05) is 14.2 Å². The van der Waals surface area contributed by atoms with E-state index in [-0.39, 0.29) is 33.8 Å². The molecule has 0 fully saturated rings. The lowest BCUT2D eigenvalue weighted by Crippen LogP contribution is -2.21. The van der Waals surface area contributed by atoms with Gasteiger partial charge in [0.1, 0.15) is 16.7 Å². The third kappa shape index (κ3) is 2.06. The number of fused-ring (bicyclic) bond motifs is 4. The average molecular weight is 342 g/mol. The average Bonchev–Trinajstić information content (AvgIpc) is 2.60. The van der Waals surface area contributed by atoms with Gasteiger partial charge in [0, 0.05) is 18.7 Å². The van der Waals surface area contributed by atoms with Crippen LogP contribution in [0.2, 0.25) is 0 Å². The van der Waals surface area contributed by atoms with Crippen LogP contribution in [0.1, 0.15) is 12.1 Å². The summed E-state index contributed by atoms with van der Waals surface area (Å²) in [7, 11) is 2.71. The normalized spacial score (nSPS) is 15.4. The maximum atomic E-state index is 13.1. The minimum Gasteiger partial charge on any atom is -0.504 e. The second-order valence-corrected chi connectivity index (χ2v) is 5.50. The monoisotopic (exact) mass is 342 g/mol. The van der Waals surface area contributed by atoms with Crippen molar-refractivity contribution in [3.05, 3.63) is 46.3 Å². The van der Waals surface area contributed by atoms with Gasteiger partial charge in [-0.25, -0.2) is 0 Å². The van der Waals surface area contributed by atoms with Crippen LogP contribution in [0.3, 0.4) is 0 Å². The molecule has 1 atom stereocenters. The van der Waals surface area contributed by atoms with E-state index in [4.69, 9.17) is 18.6 Å². The molecule has 7 heteroatoms. The van der Waals surface area contributed by atoms with Crippen LogP contribution in [-0.4, -0.2) is 24.4 Å². The van der Waals surface area contributed by atoms with Crippen LogP contribution < -0.4 is 14.9 Å². The Morgan fingerprint density at radius 1 is 1.16 bits per heavy atom. The van der Waals surface area contributed by atoms with E-state index in [1.807, 2.05) is 0 Å². The van der Waals surface area contributed by atoms with Crippen molar-refractivity contribution in [3.63, 3.8) is 0 Å². The molecule has 0 spiro atoms. The number of methoxy groups -OCH3 is 2. The number of hydrogen-bond donors (Lipinski definition) is 2. The SMILES string of the molecule is COc1c(O)cc2oc3c(c(=O)c2c1O)-c1ccccc1OC3OC. The highest BCUT2D eigenvalue weighted by molar-refractivity contribution is 5.92. The van der Waals surface area contributed by atoms with E-state index in [1.54, 1.807) is 24.3 Å². The largest absolute Gasteiger partial charge is 0.504 e. The molecule has 0 saturated carbocycles. The molecule has 0 bridgehead atoms. The Balaban J connectivity index is 2.16. The Kier molecular flexibility index (Phi) is 3.33. The number of para-hydroxylation sites is 1. The standard InChI is InChI=1S/C18H14O7/c1-22-16-9(19)7-11-13(15(16)21)14(20)12-8-5-3-4-6-10(8)25-18(23-2)17(12)24-11/h3-7,18-19,21H,1-2H3. The molecule has 1 aromatic heterocycles. The highest BCUT2D eigenvalue weighted by Gasteiger charge is 2.33. The molecule has 1 unspecified atom stereocenters. The topological polar surface area (TPSA) is 98.4 Å². The Hall–Kier alpha value is -3.19. The molecule has 4 rings (SSSR count). The van der Waals surface area contributed by atoms with E-state index in [0.29, 0.717) is 11.3 Å². The second-order valence-electron chi connectivity index (χ2n) is 5.50. The van der Waals surface area contributed by atoms with Crippen LogP contribution in [0.25, 0.3) is 22.1 Å². The molecule has 0 amide bonds. The van der Waals surface area contributed by atoms with Crippen molar-refractivity contribution in [3.8, 4) is 34.1 Å². The highest BCUT2D eigenvalue weighted by atomic mass is 16.7. The van der Waals surface area contributed by atoms with E-state index in [0.717, 1.165) is 0 Å². The van der Waals surface area contributed by atoms with E-state index in [1.165, 1.54) is 20.3 Å². The highest BCUT2D eigenvalue weighted by Crippen LogP contribution is 2.46. The second kappa shape index (κ2) is 5.42. The zero-order valence-electron chi connectivity index (χ0n) is 13.4. The van der Waals surface area contributed by atoms with Gasteiger partial charge in [0.15, 0.2) is 17.3 Å². The van der Waals surface area contributed by atoms with Gasteiger partial charge >= 0.3 is 0 Å². The maximum Gasteiger partial charge on any atom is 0.259 e. The molecule has 2 N–H and O–H groups in total. The smallest absolute Gasteiger partial charge is 0.259 e. The van der Waals surface area contributed by atoms with Crippen LogP contribution in [-0.2, 0) is 4.74 Å². The first kappa shape index (κ1) is 15.3. The molecular weight excluding hydrogens is 328 g/mol. The number of rotatable bonds is 2. The first-order valence-corrected chi connectivity index (χ1v) is 7.45. The fourth-order valence-corrected chi connectivity index (χ4v) is 3.04. The third-order valence-electron chi connectivity index (χ3n) is 4.14. The number of phenols is 2. The quantitative estimate of drug-likeness (QED) is 0.739. The van der Waals surface area contributed by atoms with Crippen molar-refractivity contribution in [2.45, 2.75) is 6.29 Å². The van der Waals surface area contributed by atoms with Crippen molar-refractivity contribution in [1.29, 1.82) is 0 Å². The van der Waals surface area contributed by atoms with Gasteiger partial charge in [0.05, 0.1) is 12.7 Å². The zero-order chi connectivity index (χ0) is 17.7. The van der Waals surface area contributed by atoms with Gasteiger partial charge in [-0.15, -0.1) is 0 Å². The molecule has 0 saturated heterocycles. The molecule has 0 radical (unpaired) electrons. The summed E-state index contributed by atoms with van der Waals surface area (Å²) in [5, 5.41) is 20.2. The Morgan fingerprint density at radius 3 is 2.64 bits per heavy atom. The summed E-state index contributed by atoms with van der Waals surface area (Å²) in [4.78, 5) is 13.1. The van der Waals surface area contributed by atoms with E-state index < -0.39 is 17.5 Å². The third-order valence-corrected chi connectivity index (χ3v) is 4.14. The van der Waals surface area contributed by atoms with Crippen LogP contribution >= 0.6 is 0 Å². The number of phenolic OH excluding ortho intramolecular Hbond substituents is 2. The molecule has 0 aliphatic carbocycles. The maximum absolute atomic E-state index is 13.1. The van der Waals surface area contributed by atoms with E-state index >= 15 is 0 Å². The number of ether oxygens (including phenoxy) is 3. The molecule has 25 heavy (non-hydrogen) atoms. The summed E-state index contributed by atoms with van der Waals surface area (Å²) < 4.78 is 21.7. The van der Waals surface area contributed by atoms with Crippen molar-refractivity contribution < 1.29 is 28.8 Å². The van der Waals surface area contributed by atoms with Crippen LogP contribution in [0.15, 0.2) is 39.5 Å². The molecule has 1 aliphatic rings. The lowest BCUT2D eigenvalue weighted by atomic mass is 9.98. The molecule has 2 heterocycles. The summed E-state index contributed by atoms with van der Waals surface area (Å²) in [5.41, 5.74) is 0.312. The lowest BCUT2D eigenvalue weighted by Gasteiger charge is -2.26. The molecule has 1 aliphatic heterocycles. The summed E-state index contributed by atoms with van der Waals surface area (Å²) in [6.45, 7) is 0. The van der Waals surface area contributed by atoms with Gasteiger partial charge in [-0.1, -0.05) is 18.2 Å². The van der Waals surface area contributed by atoms with Crippen molar-refractivity contribution in [2.24, 2.45) is 0 Å². The van der Waals surface area contributed by atoms with Crippen LogP contribution in [0.4, 0.5) is 0 Å². The zero-order valence-corrected chi connectivity index (χ0v) is 13.4. The first-order chi connectivity index (χ1) is 12.1. The van der Waals surface area contributed by atoms with E-state index in [2.05, 4.69) is 0 Å².